The van der Waals surface area contributed by atoms with Gasteiger partial charge in [0.05, 0.1) is 11.0 Å². The quantitative estimate of drug-likeness (QED) is 0.665. The highest BCUT2D eigenvalue weighted by molar-refractivity contribution is 5.43. The number of aryl methyl sites for hydroxylation is 1. The third-order valence-electron chi connectivity index (χ3n) is 2.88. The van der Waals surface area contributed by atoms with E-state index in [1.54, 1.807) is 19.1 Å². The number of nitro groups is 1. The van der Waals surface area contributed by atoms with Crippen LogP contribution in [0.3, 0.4) is 0 Å². The molecule has 0 fully saturated rings. The van der Waals surface area contributed by atoms with Crippen molar-refractivity contribution in [3.63, 3.8) is 0 Å². The van der Waals surface area contributed by atoms with E-state index in [1.165, 1.54) is 0 Å². The van der Waals surface area contributed by atoms with Gasteiger partial charge in [0.1, 0.15) is 0 Å². The average Bonchev–Trinajstić information content (AvgIpc) is 2.81. The summed E-state index contributed by atoms with van der Waals surface area (Å²) in [5, 5.41) is 10.9. The van der Waals surface area contributed by atoms with Gasteiger partial charge in [-0.2, -0.15) is 0 Å². The standard InChI is InChI=1S/C13H15N3O2/c1-10-5-6-12(9-13(10)16(17)18)11(2)14-15-7-3-4-8-15/h3-9,11,14H,1-2H3. The Hall–Kier alpha value is -2.30. The van der Waals surface area contributed by atoms with Crippen molar-refractivity contribution in [2.45, 2.75) is 19.9 Å². The normalized spacial score (nSPS) is 12.1. The molecule has 0 aliphatic carbocycles. The van der Waals surface area contributed by atoms with Gasteiger partial charge in [-0.15, -0.1) is 0 Å². The summed E-state index contributed by atoms with van der Waals surface area (Å²) >= 11 is 0. The predicted octanol–water partition coefficient (Wildman–Crippen LogP) is 3.01. The summed E-state index contributed by atoms with van der Waals surface area (Å²) in [7, 11) is 0. The van der Waals surface area contributed by atoms with Crippen LogP contribution in [0, 0.1) is 17.0 Å². The Morgan fingerprint density at radius 1 is 1.33 bits per heavy atom. The van der Waals surface area contributed by atoms with Gasteiger partial charge in [-0.25, -0.2) is 0 Å². The lowest BCUT2D eigenvalue weighted by Gasteiger charge is -2.16. The van der Waals surface area contributed by atoms with Crippen LogP contribution in [-0.4, -0.2) is 9.60 Å². The van der Waals surface area contributed by atoms with E-state index < -0.39 is 0 Å². The second-order valence-electron chi connectivity index (χ2n) is 4.24. The summed E-state index contributed by atoms with van der Waals surface area (Å²) in [6.45, 7) is 3.71. The zero-order valence-electron chi connectivity index (χ0n) is 10.3. The predicted molar refractivity (Wildman–Crippen MR) is 70.0 cm³/mol. The Bertz CT molecular complexity index is 549. The summed E-state index contributed by atoms with van der Waals surface area (Å²) < 4.78 is 1.83. The molecule has 0 aliphatic rings. The molecule has 18 heavy (non-hydrogen) atoms. The molecule has 1 atom stereocenters. The number of hydrogen-bond donors (Lipinski definition) is 1. The molecule has 1 aromatic heterocycles. The second kappa shape index (κ2) is 4.91. The molecule has 1 heterocycles. The number of aromatic nitrogens is 1. The lowest BCUT2D eigenvalue weighted by molar-refractivity contribution is -0.385. The molecule has 1 unspecified atom stereocenters. The molecule has 1 N–H and O–H groups in total. The second-order valence-corrected chi connectivity index (χ2v) is 4.24. The zero-order chi connectivity index (χ0) is 13.1. The van der Waals surface area contributed by atoms with Gasteiger partial charge in [-0.1, -0.05) is 12.1 Å². The van der Waals surface area contributed by atoms with Gasteiger partial charge in [0.25, 0.3) is 5.69 Å². The number of hydrogen-bond acceptors (Lipinski definition) is 3. The number of rotatable bonds is 4. The number of nitrogens with one attached hydrogen (secondary N) is 1. The van der Waals surface area contributed by atoms with Gasteiger partial charge >= 0.3 is 0 Å². The lowest BCUT2D eigenvalue weighted by atomic mass is 10.1. The van der Waals surface area contributed by atoms with Gasteiger partial charge in [0.2, 0.25) is 0 Å². The van der Waals surface area contributed by atoms with Crippen molar-refractivity contribution in [3.8, 4) is 0 Å². The molecule has 0 spiro atoms. The minimum Gasteiger partial charge on any atom is -0.319 e. The van der Waals surface area contributed by atoms with Crippen LogP contribution >= 0.6 is 0 Å². The minimum absolute atomic E-state index is 0.00306. The van der Waals surface area contributed by atoms with Crippen LogP contribution in [0.2, 0.25) is 0 Å². The highest BCUT2D eigenvalue weighted by Gasteiger charge is 2.14. The van der Waals surface area contributed by atoms with Gasteiger partial charge in [-0.3, -0.25) is 14.8 Å². The van der Waals surface area contributed by atoms with Crippen LogP contribution in [0.25, 0.3) is 0 Å². The topological polar surface area (TPSA) is 60.1 Å². The number of nitrogens with zero attached hydrogens (tertiary/aromatic N) is 2. The van der Waals surface area contributed by atoms with Crippen LogP contribution in [0.1, 0.15) is 24.1 Å². The molecule has 5 nitrogen and oxygen atoms in total. The largest absolute Gasteiger partial charge is 0.319 e. The van der Waals surface area contributed by atoms with Gasteiger partial charge < -0.3 is 5.43 Å². The molecule has 0 radical (unpaired) electrons. The molecule has 0 bridgehead atoms. The van der Waals surface area contributed by atoms with Gasteiger partial charge in [0.15, 0.2) is 0 Å². The van der Waals surface area contributed by atoms with Crippen molar-refractivity contribution in [1.29, 1.82) is 0 Å². The van der Waals surface area contributed by atoms with Crippen LogP contribution < -0.4 is 5.43 Å². The van der Waals surface area contributed by atoms with E-state index in [-0.39, 0.29) is 16.7 Å². The number of benzene rings is 1. The molecule has 0 aliphatic heterocycles. The highest BCUT2D eigenvalue weighted by atomic mass is 16.6. The van der Waals surface area contributed by atoms with Crippen LogP contribution in [0.15, 0.2) is 42.7 Å². The number of nitro benzene ring substituents is 1. The van der Waals surface area contributed by atoms with E-state index in [0.717, 1.165) is 5.56 Å². The summed E-state index contributed by atoms with van der Waals surface area (Å²) in [4.78, 5) is 10.5. The average molecular weight is 245 g/mol. The van der Waals surface area contributed by atoms with Gasteiger partial charge in [-0.05, 0) is 31.5 Å². The summed E-state index contributed by atoms with van der Waals surface area (Å²) in [6, 6.07) is 9.13. The third-order valence-corrected chi connectivity index (χ3v) is 2.88. The van der Waals surface area contributed by atoms with Crippen molar-refractivity contribution in [2.24, 2.45) is 0 Å². The van der Waals surface area contributed by atoms with E-state index in [0.29, 0.717) is 5.56 Å². The van der Waals surface area contributed by atoms with Crippen LogP contribution in [-0.2, 0) is 0 Å². The Morgan fingerprint density at radius 3 is 2.61 bits per heavy atom. The van der Waals surface area contributed by atoms with Crippen LogP contribution in [0.5, 0.6) is 0 Å². The molecular weight excluding hydrogens is 230 g/mol. The lowest BCUT2D eigenvalue weighted by Crippen LogP contribution is -2.17. The first-order valence-corrected chi connectivity index (χ1v) is 5.72. The Morgan fingerprint density at radius 2 is 2.00 bits per heavy atom. The molecule has 0 amide bonds. The monoisotopic (exact) mass is 245 g/mol. The first-order chi connectivity index (χ1) is 8.58. The molecule has 2 rings (SSSR count). The van der Waals surface area contributed by atoms with Crippen molar-refractivity contribution in [1.82, 2.24) is 4.68 Å². The first kappa shape index (κ1) is 12.2. The van der Waals surface area contributed by atoms with Crippen LogP contribution in [0.4, 0.5) is 5.69 Å². The van der Waals surface area contributed by atoms with E-state index in [4.69, 9.17) is 0 Å². The fourth-order valence-electron chi connectivity index (χ4n) is 1.81. The van der Waals surface area contributed by atoms with E-state index in [1.807, 2.05) is 42.2 Å². The van der Waals surface area contributed by atoms with Crippen molar-refractivity contribution >= 4 is 5.69 Å². The summed E-state index contributed by atoms with van der Waals surface area (Å²) in [5.74, 6) is 0. The Labute approximate surface area is 105 Å². The fraction of sp³-hybridized carbons (Fsp3) is 0.231. The fourth-order valence-corrected chi connectivity index (χ4v) is 1.81. The molecule has 2 aromatic rings. The van der Waals surface area contributed by atoms with Gasteiger partial charge in [0, 0.05) is 24.0 Å². The smallest absolute Gasteiger partial charge is 0.272 e. The Balaban J connectivity index is 2.22. The van der Waals surface area contributed by atoms with Crippen molar-refractivity contribution < 1.29 is 4.92 Å². The minimum atomic E-state index is -0.346. The third kappa shape index (κ3) is 2.51. The van der Waals surface area contributed by atoms with Crippen molar-refractivity contribution in [2.75, 3.05) is 5.43 Å². The maximum Gasteiger partial charge on any atom is 0.272 e. The molecular formula is C13H15N3O2. The first-order valence-electron chi connectivity index (χ1n) is 5.72. The van der Waals surface area contributed by atoms with E-state index in [9.17, 15) is 10.1 Å². The van der Waals surface area contributed by atoms with Crippen molar-refractivity contribution in [3.05, 3.63) is 64.0 Å². The SMILES string of the molecule is Cc1ccc(C(C)Nn2cccc2)cc1[N+](=O)[O-]. The molecule has 1 aromatic carbocycles. The summed E-state index contributed by atoms with van der Waals surface area (Å²) in [6.07, 6.45) is 3.78. The maximum absolute atomic E-state index is 10.9. The van der Waals surface area contributed by atoms with E-state index >= 15 is 0 Å². The molecule has 5 heteroatoms. The maximum atomic E-state index is 10.9. The zero-order valence-corrected chi connectivity index (χ0v) is 10.3. The highest BCUT2D eigenvalue weighted by Crippen LogP contribution is 2.23. The molecule has 0 saturated carbocycles. The van der Waals surface area contributed by atoms with E-state index in [2.05, 4.69) is 5.43 Å². The Kier molecular flexibility index (Phi) is 3.32. The molecule has 94 valence electrons. The summed E-state index contributed by atoms with van der Waals surface area (Å²) in [5.41, 5.74) is 4.95. The molecule has 0 saturated heterocycles.